The number of hydrogen-bond acceptors (Lipinski definition) is 5. The molecule has 0 saturated carbocycles. The molecular weight excluding hydrogens is 417 g/mol. The smallest absolute Gasteiger partial charge is 0.236 e. The molecule has 1 aromatic carbocycles. The van der Waals surface area contributed by atoms with Crippen LogP contribution in [0, 0.1) is 5.82 Å². The van der Waals surface area contributed by atoms with E-state index in [9.17, 15) is 9.50 Å². The van der Waals surface area contributed by atoms with Crippen molar-refractivity contribution in [3.63, 3.8) is 0 Å². The van der Waals surface area contributed by atoms with Gasteiger partial charge < -0.3 is 10.0 Å². The number of aliphatic hydroxyl groups is 1. The van der Waals surface area contributed by atoms with Crippen molar-refractivity contribution >= 4 is 17.3 Å². The van der Waals surface area contributed by atoms with E-state index in [-0.39, 0.29) is 18.5 Å². The number of pyridine rings is 2. The maximum absolute atomic E-state index is 13.6. The van der Waals surface area contributed by atoms with Crippen LogP contribution in [0.3, 0.4) is 0 Å². The predicted octanol–water partition coefficient (Wildman–Crippen LogP) is 3.87. The molecule has 5 rings (SSSR count). The molecule has 1 saturated heterocycles. The van der Waals surface area contributed by atoms with E-state index in [1.165, 1.54) is 12.1 Å². The Bertz CT molecular complexity index is 1110. The third-order valence-electron chi connectivity index (χ3n) is 6.97. The Morgan fingerprint density at radius 1 is 0.970 bits per heavy atom. The summed E-state index contributed by atoms with van der Waals surface area (Å²) in [6.45, 7) is 3.44. The van der Waals surface area contributed by atoms with Gasteiger partial charge in [0.25, 0.3) is 0 Å². The fourth-order valence-corrected chi connectivity index (χ4v) is 5.29. The molecule has 4 heterocycles. The van der Waals surface area contributed by atoms with Crippen molar-refractivity contribution in [2.75, 3.05) is 26.2 Å². The average molecular weight is 447 g/mol. The third kappa shape index (κ3) is 4.31. The summed E-state index contributed by atoms with van der Waals surface area (Å²) in [4.78, 5) is 16.2. The molecule has 33 heavy (non-hydrogen) atoms. The fraction of sp³-hybridized carbons (Fsp3) is 0.346. The zero-order valence-electron chi connectivity index (χ0n) is 18.6. The fourth-order valence-electron chi connectivity index (χ4n) is 5.29. The third-order valence-corrected chi connectivity index (χ3v) is 6.97. The molecule has 170 valence electrons. The minimum atomic E-state index is -0.244. The first kappa shape index (κ1) is 21.8. The molecule has 1 fully saturated rings. The number of piperidine rings is 1. The van der Waals surface area contributed by atoms with E-state index in [4.69, 9.17) is 4.99 Å². The molecule has 3 aromatic rings. The first-order chi connectivity index (χ1) is 16.2. The zero-order valence-corrected chi connectivity index (χ0v) is 18.6. The Balaban J connectivity index is 1.39. The van der Waals surface area contributed by atoms with Crippen molar-refractivity contribution in [1.29, 1.82) is 0 Å². The van der Waals surface area contributed by atoms with Crippen LogP contribution < -0.4 is 4.48 Å². The standard InChI is InChI=1S/C26H29FN5O/c27-21-8-6-20(7-9-21)18-32(24-5-3-14-29-26(24)30-25(32)19-33)23-11-16-31(17-12-23)15-10-22-4-1-2-13-28-22/h1-9,13-14,23,33H,10-12,15-19H2/q+1. The Hall–Kier alpha value is -3.00. The lowest BCUT2D eigenvalue weighted by molar-refractivity contribution is 0.149. The molecule has 7 heteroatoms. The lowest BCUT2D eigenvalue weighted by atomic mass is 9.97. The van der Waals surface area contributed by atoms with Gasteiger partial charge in [-0.15, -0.1) is 0 Å². The number of hydrogen-bond donors (Lipinski definition) is 1. The largest absolute Gasteiger partial charge is 0.384 e. The van der Waals surface area contributed by atoms with Gasteiger partial charge >= 0.3 is 0 Å². The Kier molecular flexibility index (Phi) is 6.26. The molecule has 0 bridgehead atoms. The number of quaternary nitrogens is 1. The number of nitrogens with zero attached hydrogens (tertiary/aromatic N) is 5. The molecule has 0 spiro atoms. The van der Waals surface area contributed by atoms with Gasteiger partial charge in [-0.25, -0.2) is 13.9 Å². The zero-order chi connectivity index (χ0) is 22.7. The highest BCUT2D eigenvalue weighted by Crippen LogP contribution is 2.44. The SMILES string of the molecule is OCC1=Nc2ncccc2[N+]1(Cc1ccc(F)cc1)C1CCN(CCc2ccccn2)CC1. The Labute approximate surface area is 193 Å². The lowest BCUT2D eigenvalue weighted by Gasteiger charge is -2.45. The van der Waals surface area contributed by atoms with Crippen LogP contribution in [0.4, 0.5) is 15.9 Å². The number of fused-ring (bicyclic) bond motifs is 1. The summed E-state index contributed by atoms with van der Waals surface area (Å²) in [7, 11) is 0. The molecule has 1 atom stereocenters. The number of benzene rings is 1. The van der Waals surface area contributed by atoms with Gasteiger partial charge in [-0.2, -0.15) is 4.99 Å². The van der Waals surface area contributed by atoms with Crippen molar-refractivity contribution < 1.29 is 9.50 Å². The summed E-state index contributed by atoms with van der Waals surface area (Å²) in [5.74, 6) is 1.16. The van der Waals surface area contributed by atoms with Crippen molar-refractivity contribution in [2.24, 2.45) is 4.99 Å². The van der Waals surface area contributed by atoms with Gasteiger partial charge in [0.05, 0.1) is 0 Å². The van der Waals surface area contributed by atoms with Crippen LogP contribution in [0.2, 0.25) is 0 Å². The van der Waals surface area contributed by atoms with Gasteiger partial charge in [0.1, 0.15) is 25.0 Å². The number of aromatic nitrogens is 2. The maximum Gasteiger partial charge on any atom is 0.236 e. The number of halogens is 1. The number of aliphatic imine (C=N–C) groups is 1. The highest BCUT2D eigenvalue weighted by Gasteiger charge is 2.50. The maximum atomic E-state index is 13.6. The summed E-state index contributed by atoms with van der Waals surface area (Å²) in [5.41, 5.74) is 3.17. The van der Waals surface area contributed by atoms with Crippen LogP contribution in [-0.4, -0.2) is 58.1 Å². The normalized spacial score (nSPS) is 21.1. The summed E-state index contributed by atoms with van der Waals surface area (Å²) in [5, 5.41) is 10.3. The summed E-state index contributed by atoms with van der Waals surface area (Å²) < 4.78 is 14.1. The second-order valence-electron chi connectivity index (χ2n) is 8.83. The summed E-state index contributed by atoms with van der Waals surface area (Å²) in [6, 6.07) is 17.0. The van der Waals surface area contributed by atoms with Gasteiger partial charge in [0, 0.05) is 68.6 Å². The quantitative estimate of drug-likeness (QED) is 0.560. The van der Waals surface area contributed by atoms with E-state index >= 15 is 0 Å². The van der Waals surface area contributed by atoms with Gasteiger partial charge in [-0.1, -0.05) is 18.2 Å². The average Bonchev–Trinajstić information content (AvgIpc) is 3.19. The van der Waals surface area contributed by atoms with E-state index in [2.05, 4.69) is 27.0 Å². The number of aliphatic hydroxyl groups excluding tert-OH is 1. The van der Waals surface area contributed by atoms with Crippen molar-refractivity contribution in [2.45, 2.75) is 31.8 Å². The summed E-state index contributed by atoms with van der Waals surface area (Å²) in [6.07, 6.45) is 6.50. The van der Waals surface area contributed by atoms with Crippen LogP contribution in [0.25, 0.3) is 0 Å². The first-order valence-corrected chi connectivity index (χ1v) is 11.6. The van der Waals surface area contributed by atoms with Crippen LogP contribution in [0.1, 0.15) is 24.1 Å². The monoisotopic (exact) mass is 446 g/mol. The molecular formula is C26H29FN5O+. The molecule has 0 amide bonds. The highest BCUT2D eigenvalue weighted by molar-refractivity contribution is 6.02. The van der Waals surface area contributed by atoms with Gasteiger partial charge in [-0.3, -0.25) is 4.98 Å². The van der Waals surface area contributed by atoms with Gasteiger partial charge in [-0.05, 0) is 30.3 Å². The lowest BCUT2D eigenvalue weighted by Crippen LogP contribution is -2.62. The van der Waals surface area contributed by atoms with Crippen LogP contribution in [0.5, 0.6) is 0 Å². The molecule has 1 N–H and O–H groups in total. The minimum Gasteiger partial charge on any atom is -0.384 e. The van der Waals surface area contributed by atoms with Crippen molar-refractivity contribution in [1.82, 2.24) is 19.4 Å². The second kappa shape index (κ2) is 9.47. The molecule has 2 aromatic heterocycles. The Morgan fingerprint density at radius 2 is 1.76 bits per heavy atom. The van der Waals surface area contributed by atoms with Gasteiger partial charge in [0.2, 0.25) is 11.7 Å². The van der Waals surface area contributed by atoms with Crippen molar-refractivity contribution in [3.8, 4) is 0 Å². The molecule has 2 aliphatic heterocycles. The van der Waals surface area contributed by atoms with E-state index in [0.29, 0.717) is 16.8 Å². The van der Waals surface area contributed by atoms with Crippen LogP contribution in [0.15, 0.2) is 72.0 Å². The number of rotatable bonds is 7. The Morgan fingerprint density at radius 3 is 2.48 bits per heavy atom. The first-order valence-electron chi connectivity index (χ1n) is 11.6. The minimum absolute atomic E-state index is 0.128. The predicted molar refractivity (Wildman–Crippen MR) is 128 cm³/mol. The second-order valence-corrected chi connectivity index (χ2v) is 8.83. The molecule has 2 aliphatic rings. The summed E-state index contributed by atoms with van der Waals surface area (Å²) >= 11 is 0. The molecule has 6 nitrogen and oxygen atoms in total. The van der Waals surface area contributed by atoms with Gasteiger partial charge in [0.15, 0.2) is 5.69 Å². The number of amidine groups is 1. The molecule has 0 radical (unpaired) electrons. The number of likely N-dealkylation sites (tertiary alicyclic amines) is 1. The molecule has 0 aliphatic carbocycles. The highest BCUT2D eigenvalue weighted by atomic mass is 19.1. The van der Waals surface area contributed by atoms with Crippen molar-refractivity contribution in [3.05, 3.63) is 84.1 Å². The van der Waals surface area contributed by atoms with E-state index < -0.39 is 0 Å². The van der Waals surface area contributed by atoms with E-state index in [1.807, 2.05) is 36.5 Å². The molecule has 1 unspecified atom stereocenters. The van der Waals surface area contributed by atoms with E-state index in [1.54, 1.807) is 6.20 Å². The van der Waals surface area contributed by atoms with E-state index in [0.717, 1.165) is 61.7 Å². The topological polar surface area (TPSA) is 61.6 Å². The van der Waals surface area contributed by atoms with Crippen LogP contribution in [-0.2, 0) is 13.0 Å². The van der Waals surface area contributed by atoms with Crippen LogP contribution >= 0.6 is 0 Å².